The quantitative estimate of drug-likeness (QED) is 0.304. The van der Waals surface area contributed by atoms with E-state index in [1.807, 2.05) is 20.8 Å². The molecule has 7 nitrogen and oxygen atoms in total. The molecule has 178 valence electrons. The van der Waals surface area contributed by atoms with Crippen molar-refractivity contribution in [3.63, 3.8) is 0 Å². The summed E-state index contributed by atoms with van der Waals surface area (Å²) < 4.78 is 4.36. The summed E-state index contributed by atoms with van der Waals surface area (Å²) in [6, 6.07) is -1.34. The summed E-state index contributed by atoms with van der Waals surface area (Å²) in [6.45, 7) is 15.4. The fourth-order valence-corrected chi connectivity index (χ4v) is 8.07. The van der Waals surface area contributed by atoms with Crippen molar-refractivity contribution in [3.05, 3.63) is 25.3 Å². The third-order valence-electron chi connectivity index (χ3n) is 7.24. The van der Waals surface area contributed by atoms with Crippen LogP contribution in [0.5, 0.6) is 0 Å². The number of rotatable bonds is 10. The number of carbonyl (C=O) groups excluding carboxylic acids is 3. The largest absolute Gasteiger partial charge is 0.465 e. The van der Waals surface area contributed by atoms with E-state index in [1.54, 1.807) is 40.6 Å². The molecule has 3 heterocycles. The van der Waals surface area contributed by atoms with Crippen LogP contribution in [0, 0.1) is 11.8 Å². The highest BCUT2D eigenvalue weighted by molar-refractivity contribution is 8.02. The van der Waals surface area contributed by atoms with Gasteiger partial charge in [0.1, 0.15) is 6.04 Å². The van der Waals surface area contributed by atoms with E-state index in [2.05, 4.69) is 13.2 Å². The van der Waals surface area contributed by atoms with Crippen molar-refractivity contribution in [2.75, 3.05) is 19.8 Å². The first-order valence-corrected chi connectivity index (χ1v) is 12.2. The molecular weight excluding hydrogens is 428 g/mol. The number of aliphatic hydroxyl groups is 1. The van der Waals surface area contributed by atoms with Gasteiger partial charge in [-0.05, 0) is 47.0 Å². The van der Waals surface area contributed by atoms with Gasteiger partial charge in [0.2, 0.25) is 11.8 Å². The van der Waals surface area contributed by atoms with E-state index in [1.165, 1.54) is 0 Å². The predicted octanol–water partition coefficient (Wildman–Crippen LogP) is 2.39. The number of aliphatic hydroxyl groups excluding tert-OH is 1. The van der Waals surface area contributed by atoms with Gasteiger partial charge in [0, 0.05) is 17.3 Å². The molecule has 2 bridgehead atoms. The van der Waals surface area contributed by atoms with Crippen molar-refractivity contribution >= 4 is 29.5 Å². The second kappa shape index (κ2) is 9.21. The van der Waals surface area contributed by atoms with E-state index in [9.17, 15) is 19.5 Å². The van der Waals surface area contributed by atoms with Crippen molar-refractivity contribution in [1.29, 1.82) is 0 Å². The fraction of sp³-hybridized carbons (Fsp3) is 0.708. The highest BCUT2D eigenvalue weighted by Crippen LogP contribution is 2.71. The molecule has 3 fully saturated rings. The molecule has 1 N–H and O–H groups in total. The van der Waals surface area contributed by atoms with E-state index >= 15 is 0 Å². The van der Waals surface area contributed by atoms with Crippen LogP contribution in [0.15, 0.2) is 25.3 Å². The summed E-state index contributed by atoms with van der Waals surface area (Å²) in [4.78, 5) is 44.2. The van der Waals surface area contributed by atoms with Gasteiger partial charge in [-0.2, -0.15) is 0 Å². The number of thioether (sulfide) groups is 1. The van der Waals surface area contributed by atoms with Crippen LogP contribution in [-0.4, -0.2) is 80.1 Å². The van der Waals surface area contributed by atoms with Crippen LogP contribution in [0.25, 0.3) is 0 Å². The molecule has 0 aliphatic carbocycles. The number of esters is 1. The summed E-state index contributed by atoms with van der Waals surface area (Å²) in [5, 5.41) is 9.92. The smallest absolute Gasteiger partial charge is 0.311 e. The summed E-state index contributed by atoms with van der Waals surface area (Å²) in [7, 11) is 0. The minimum atomic E-state index is -0.734. The van der Waals surface area contributed by atoms with Crippen molar-refractivity contribution < 1.29 is 24.2 Å². The molecule has 32 heavy (non-hydrogen) atoms. The Balaban J connectivity index is 2.06. The van der Waals surface area contributed by atoms with Gasteiger partial charge in [0.25, 0.3) is 0 Å². The number of ether oxygens (including phenoxy) is 1. The van der Waals surface area contributed by atoms with Gasteiger partial charge in [0.15, 0.2) is 0 Å². The first-order valence-electron chi connectivity index (χ1n) is 11.4. The molecule has 6 atom stereocenters. The van der Waals surface area contributed by atoms with Gasteiger partial charge in [-0.1, -0.05) is 12.2 Å². The molecule has 3 saturated heterocycles. The van der Waals surface area contributed by atoms with Crippen LogP contribution in [0.3, 0.4) is 0 Å². The van der Waals surface area contributed by atoms with E-state index in [0.717, 1.165) is 6.42 Å². The molecule has 0 radical (unpaired) electrons. The summed E-state index contributed by atoms with van der Waals surface area (Å²) in [5.41, 5.74) is 0. The second-order valence-electron chi connectivity index (χ2n) is 9.62. The molecule has 2 unspecified atom stereocenters. The Bertz CT molecular complexity index is 801. The molecule has 3 aliphatic rings. The minimum absolute atomic E-state index is 0.0730. The van der Waals surface area contributed by atoms with Gasteiger partial charge in [-0.3, -0.25) is 14.4 Å². The van der Waals surface area contributed by atoms with Crippen LogP contribution >= 0.6 is 11.8 Å². The zero-order chi connectivity index (χ0) is 23.8. The number of nitrogens with zero attached hydrogens (tertiary/aromatic N) is 2. The van der Waals surface area contributed by atoms with Crippen molar-refractivity contribution in [2.45, 2.75) is 74.6 Å². The number of likely N-dealkylation sites (tertiary alicyclic amines) is 1. The number of fused-ring (bicyclic) bond motifs is 1. The minimum Gasteiger partial charge on any atom is -0.465 e. The first-order chi connectivity index (χ1) is 15.1. The zero-order valence-electron chi connectivity index (χ0n) is 19.6. The average Bonchev–Trinajstić information content (AvgIpc) is 3.31. The Kier molecular flexibility index (Phi) is 7.15. The van der Waals surface area contributed by atoms with Crippen LogP contribution in [0.2, 0.25) is 0 Å². The highest BCUT2D eigenvalue weighted by atomic mass is 32.2. The predicted molar refractivity (Wildman–Crippen MR) is 125 cm³/mol. The Labute approximate surface area is 195 Å². The third kappa shape index (κ3) is 3.69. The lowest BCUT2D eigenvalue weighted by atomic mass is 9.66. The fourth-order valence-electron chi connectivity index (χ4n) is 5.75. The molecule has 0 aromatic carbocycles. The monoisotopic (exact) mass is 464 g/mol. The first kappa shape index (κ1) is 24.8. The Morgan fingerprint density at radius 2 is 2.00 bits per heavy atom. The van der Waals surface area contributed by atoms with Crippen molar-refractivity contribution in [3.8, 4) is 0 Å². The Hall–Kier alpha value is -1.80. The summed E-state index contributed by atoms with van der Waals surface area (Å²) in [6.07, 6.45) is 5.32. The van der Waals surface area contributed by atoms with Crippen molar-refractivity contribution in [1.82, 2.24) is 9.80 Å². The number of hydrogen-bond acceptors (Lipinski definition) is 6. The molecular formula is C24H36N2O5S. The van der Waals surface area contributed by atoms with Crippen LogP contribution in [0.4, 0.5) is 0 Å². The molecule has 1 spiro atoms. The van der Waals surface area contributed by atoms with E-state index in [4.69, 9.17) is 4.74 Å². The topological polar surface area (TPSA) is 87.1 Å². The highest BCUT2D eigenvalue weighted by Gasteiger charge is 2.78. The second-order valence-corrected chi connectivity index (χ2v) is 11.5. The molecule has 8 heteroatoms. The summed E-state index contributed by atoms with van der Waals surface area (Å²) in [5.74, 6) is -2.00. The lowest BCUT2D eigenvalue weighted by Crippen LogP contribution is -2.58. The molecule has 0 saturated carbocycles. The molecule has 0 aromatic heterocycles. The van der Waals surface area contributed by atoms with E-state index in [-0.39, 0.29) is 37.0 Å². The van der Waals surface area contributed by atoms with Gasteiger partial charge in [-0.15, -0.1) is 24.9 Å². The number of carbonyl (C=O) groups is 3. The molecule has 3 aliphatic heterocycles. The number of amides is 2. The standard InChI is InChI=1S/C24H36N2O5S/c1-7-9-13-31-22(30)18-17-20(28)26(16(5)14-27)19(21(29)25(12-8-2)15(3)4)24(17)11-10-23(18,6)32-24/h7-8,15-19,27H,1-2,9-14H2,3-6H3/t16-,17+,18+,19?,23-,24?/m1/s1. The lowest BCUT2D eigenvalue weighted by molar-refractivity contribution is -0.156. The maximum Gasteiger partial charge on any atom is 0.311 e. The maximum absolute atomic E-state index is 13.9. The SMILES string of the molecule is C=CCCOC(=O)[C@@H]1[C@H]2C(=O)N([C@H](C)CO)C(C(=O)N(CC=C)C(C)C)C23CC[C@@]1(C)S3. The van der Waals surface area contributed by atoms with Gasteiger partial charge >= 0.3 is 5.97 Å². The molecule has 2 amide bonds. The average molecular weight is 465 g/mol. The van der Waals surface area contributed by atoms with E-state index < -0.39 is 33.4 Å². The lowest BCUT2D eigenvalue weighted by Gasteiger charge is -2.40. The van der Waals surface area contributed by atoms with E-state index in [0.29, 0.717) is 19.4 Å². The Morgan fingerprint density at radius 1 is 1.31 bits per heavy atom. The third-order valence-corrected chi connectivity index (χ3v) is 9.23. The number of hydrogen-bond donors (Lipinski definition) is 1. The Morgan fingerprint density at radius 3 is 2.56 bits per heavy atom. The van der Waals surface area contributed by atoms with Crippen LogP contribution in [0.1, 0.15) is 47.0 Å². The van der Waals surface area contributed by atoms with Gasteiger partial charge in [-0.25, -0.2) is 0 Å². The van der Waals surface area contributed by atoms with Gasteiger partial charge in [0.05, 0.1) is 35.8 Å². The maximum atomic E-state index is 13.9. The van der Waals surface area contributed by atoms with Crippen LogP contribution in [-0.2, 0) is 19.1 Å². The summed E-state index contributed by atoms with van der Waals surface area (Å²) >= 11 is 1.61. The van der Waals surface area contributed by atoms with Crippen molar-refractivity contribution in [2.24, 2.45) is 11.8 Å². The van der Waals surface area contributed by atoms with Crippen LogP contribution < -0.4 is 0 Å². The normalized spacial score (nSPS) is 33.9. The zero-order valence-corrected chi connectivity index (χ0v) is 20.4. The van der Waals surface area contributed by atoms with Gasteiger partial charge < -0.3 is 19.6 Å². The molecule has 0 aromatic rings. The molecule has 3 rings (SSSR count).